The summed E-state index contributed by atoms with van der Waals surface area (Å²) in [5, 5.41) is 16.4. The molecule has 0 aliphatic carbocycles. The van der Waals surface area contributed by atoms with Gasteiger partial charge in [0.2, 0.25) is 17.7 Å². The fourth-order valence-corrected chi connectivity index (χ4v) is 7.36. The number of benzene rings is 1. The Morgan fingerprint density at radius 3 is 2.53 bits per heavy atom. The molecule has 1 spiro atoms. The van der Waals surface area contributed by atoms with Crippen LogP contribution in [0.25, 0.3) is 0 Å². The highest BCUT2D eigenvalue weighted by atomic mass is 79.9. The lowest BCUT2D eigenvalue weighted by molar-refractivity contribution is -0.146. The first kappa shape index (κ1) is 27.1. The van der Waals surface area contributed by atoms with E-state index in [0.717, 1.165) is 19.3 Å². The number of amides is 3. The minimum Gasteiger partial charge on any atom is -0.394 e. The number of alkyl halides is 1. The Morgan fingerprint density at radius 1 is 1.22 bits per heavy atom. The number of para-hydroxylation sites is 1. The van der Waals surface area contributed by atoms with Crippen molar-refractivity contribution in [1.82, 2.24) is 10.2 Å². The van der Waals surface area contributed by atoms with Gasteiger partial charge in [0.25, 0.3) is 0 Å². The van der Waals surface area contributed by atoms with Crippen molar-refractivity contribution in [3.63, 3.8) is 0 Å². The van der Waals surface area contributed by atoms with E-state index < -0.39 is 35.6 Å². The van der Waals surface area contributed by atoms with E-state index in [1.165, 1.54) is 0 Å². The van der Waals surface area contributed by atoms with Crippen molar-refractivity contribution in [1.29, 1.82) is 0 Å². The van der Waals surface area contributed by atoms with Gasteiger partial charge in [0.05, 0.1) is 30.6 Å². The lowest BCUT2D eigenvalue weighted by atomic mass is 9.70. The average Bonchev–Trinajstić information content (AvgIpc) is 3.44. The van der Waals surface area contributed by atoms with Crippen LogP contribution in [0.1, 0.15) is 53.4 Å². The topological polar surface area (TPSA) is 108 Å². The molecule has 3 amide bonds. The molecule has 36 heavy (non-hydrogen) atoms. The Balaban J connectivity index is 1.74. The zero-order valence-corrected chi connectivity index (χ0v) is 23.0. The number of likely N-dealkylation sites (tertiary alicyclic amines) is 1. The Hall–Kier alpha value is -1.97. The van der Waals surface area contributed by atoms with Crippen molar-refractivity contribution in [3.8, 4) is 0 Å². The zero-order valence-electron chi connectivity index (χ0n) is 21.4. The van der Waals surface area contributed by atoms with Crippen LogP contribution in [0.3, 0.4) is 0 Å². The molecule has 3 aliphatic heterocycles. The van der Waals surface area contributed by atoms with E-state index in [1.807, 2.05) is 39.0 Å². The smallest absolute Gasteiger partial charge is 0.246 e. The summed E-state index contributed by atoms with van der Waals surface area (Å²) in [5.74, 6) is -2.44. The number of fused-ring (bicyclic) bond motifs is 1. The highest BCUT2D eigenvalue weighted by molar-refractivity contribution is 9.09. The van der Waals surface area contributed by atoms with Gasteiger partial charge in [0.15, 0.2) is 0 Å². The van der Waals surface area contributed by atoms with Crippen molar-refractivity contribution >= 4 is 39.3 Å². The van der Waals surface area contributed by atoms with E-state index in [9.17, 15) is 19.5 Å². The molecule has 3 fully saturated rings. The Kier molecular flexibility index (Phi) is 8.12. The molecular weight excluding hydrogens is 526 g/mol. The first-order chi connectivity index (χ1) is 17.2. The maximum absolute atomic E-state index is 14.2. The third-order valence-corrected chi connectivity index (χ3v) is 9.12. The number of rotatable bonds is 10. The first-order valence-corrected chi connectivity index (χ1v) is 14.0. The summed E-state index contributed by atoms with van der Waals surface area (Å²) in [4.78, 5) is 42.9. The number of ether oxygens (including phenoxy) is 1. The Morgan fingerprint density at radius 2 is 1.92 bits per heavy atom. The number of nitrogens with zero attached hydrogens (tertiary/aromatic N) is 1. The fraction of sp³-hybridized carbons (Fsp3) is 0.667. The second kappa shape index (κ2) is 10.8. The summed E-state index contributed by atoms with van der Waals surface area (Å²) >= 11 is 3.69. The molecule has 4 rings (SSSR count). The van der Waals surface area contributed by atoms with Crippen LogP contribution in [-0.2, 0) is 19.1 Å². The molecule has 9 heteroatoms. The largest absolute Gasteiger partial charge is 0.394 e. The SMILES string of the molecule is CCCC(C)NC(=O)C1N([C@@H](CO)[C@@H](C)CC)C(=O)[C@@H]2[C@H](C(=O)Nc3ccccc3)[C@H]3OC12CC3Br. The lowest BCUT2D eigenvalue weighted by Gasteiger charge is -2.39. The normalized spacial score (nSPS) is 33.2. The molecular formula is C27H38BrN3O5. The van der Waals surface area contributed by atoms with Crippen LogP contribution in [0.15, 0.2) is 30.3 Å². The van der Waals surface area contributed by atoms with Crippen molar-refractivity contribution in [3.05, 3.63) is 30.3 Å². The highest BCUT2D eigenvalue weighted by Gasteiger charge is 2.77. The first-order valence-electron chi connectivity index (χ1n) is 13.1. The van der Waals surface area contributed by atoms with E-state index in [4.69, 9.17) is 4.74 Å². The van der Waals surface area contributed by atoms with E-state index >= 15 is 0 Å². The highest BCUT2D eigenvalue weighted by Crippen LogP contribution is 2.60. The number of anilines is 1. The number of nitrogens with one attached hydrogen (secondary N) is 2. The van der Waals surface area contributed by atoms with Gasteiger partial charge in [-0.1, -0.05) is 67.7 Å². The van der Waals surface area contributed by atoms with Gasteiger partial charge >= 0.3 is 0 Å². The van der Waals surface area contributed by atoms with Crippen LogP contribution in [0.4, 0.5) is 5.69 Å². The predicted molar refractivity (Wildman–Crippen MR) is 140 cm³/mol. The van der Waals surface area contributed by atoms with Gasteiger partial charge in [-0.3, -0.25) is 14.4 Å². The zero-order chi connectivity index (χ0) is 26.2. The molecule has 3 aliphatic rings. The van der Waals surface area contributed by atoms with Crippen LogP contribution in [0, 0.1) is 17.8 Å². The molecule has 0 aromatic heterocycles. The number of aliphatic hydroxyl groups excluding tert-OH is 1. The quantitative estimate of drug-likeness (QED) is 0.379. The van der Waals surface area contributed by atoms with E-state index in [1.54, 1.807) is 17.0 Å². The third kappa shape index (κ3) is 4.47. The summed E-state index contributed by atoms with van der Waals surface area (Å²) in [5.41, 5.74) is -0.492. The molecule has 1 aromatic rings. The van der Waals surface area contributed by atoms with Crippen molar-refractivity contribution in [2.75, 3.05) is 11.9 Å². The molecule has 3 N–H and O–H groups in total. The molecule has 0 saturated carbocycles. The van der Waals surface area contributed by atoms with Gasteiger partial charge in [-0.05, 0) is 37.8 Å². The van der Waals surface area contributed by atoms with Gasteiger partial charge in [0.1, 0.15) is 11.6 Å². The second-order valence-corrected chi connectivity index (χ2v) is 11.8. The molecule has 4 unspecified atom stereocenters. The van der Waals surface area contributed by atoms with Gasteiger partial charge < -0.3 is 25.4 Å². The number of hydrogen-bond donors (Lipinski definition) is 3. The van der Waals surface area contributed by atoms with Gasteiger partial charge in [0, 0.05) is 16.6 Å². The summed E-state index contributed by atoms with van der Waals surface area (Å²) in [6, 6.07) is 7.60. The number of aliphatic hydroxyl groups is 1. The van der Waals surface area contributed by atoms with Crippen LogP contribution in [0.5, 0.6) is 0 Å². The molecule has 3 heterocycles. The summed E-state index contributed by atoms with van der Waals surface area (Å²) in [6.07, 6.45) is 2.38. The molecule has 0 radical (unpaired) electrons. The van der Waals surface area contributed by atoms with Crippen LogP contribution < -0.4 is 10.6 Å². The standard InChI is InChI=1S/C27H38BrN3O5/c1-5-10-16(4)29-25(34)23-27-13-18(28)22(36-27)20(24(33)30-17-11-8-7-9-12-17)21(27)26(35)31(23)19(14-32)15(3)6-2/h7-9,11-12,15-16,18-23,32H,5-6,10,13-14H2,1-4H3,(H,29,34)(H,30,33)/t15-,16?,18?,19-,20-,21-,22-,23?,27?/m0/s1. The third-order valence-electron chi connectivity index (χ3n) is 8.27. The molecule has 8 nitrogen and oxygen atoms in total. The van der Waals surface area contributed by atoms with E-state index in [0.29, 0.717) is 12.1 Å². The number of carbonyl (C=O) groups excluding carboxylic acids is 3. The maximum Gasteiger partial charge on any atom is 0.246 e. The minimum atomic E-state index is -1.13. The fourth-order valence-electron chi connectivity index (χ4n) is 6.41. The van der Waals surface area contributed by atoms with Crippen molar-refractivity contribution in [2.24, 2.45) is 17.8 Å². The molecule has 3 saturated heterocycles. The lowest BCUT2D eigenvalue weighted by Crippen LogP contribution is -2.60. The maximum atomic E-state index is 14.2. The van der Waals surface area contributed by atoms with Crippen molar-refractivity contribution in [2.45, 2.75) is 88.0 Å². The second-order valence-electron chi connectivity index (χ2n) is 10.6. The van der Waals surface area contributed by atoms with Gasteiger partial charge in [-0.2, -0.15) is 0 Å². The van der Waals surface area contributed by atoms with E-state index in [2.05, 4.69) is 33.5 Å². The van der Waals surface area contributed by atoms with Crippen LogP contribution >= 0.6 is 15.9 Å². The van der Waals surface area contributed by atoms with E-state index in [-0.39, 0.29) is 41.1 Å². The van der Waals surface area contributed by atoms with Gasteiger partial charge in [-0.25, -0.2) is 0 Å². The minimum absolute atomic E-state index is 0.0360. The molecule has 9 atom stereocenters. The monoisotopic (exact) mass is 563 g/mol. The Bertz CT molecular complexity index is 977. The summed E-state index contributed by atoms with van der Waals surface area (Å²) in [7, 11) is 0. The number of hydrogen-bond acceptors (Lipinski definition) is 5. The van der Waals surface area contributed by atoms with Crippen molar-refractivity contribution < 1.29 is 24.2 Å². The molecule has 198 valence electrons. The Labute approximate surface area is 221 Å². The average molecular weight is 565 g/mol. The number of halogens is 1. The van der Waals surface area contributed by atoms with Gasteiger partial charge in [-0.15, -0.1) is 0 Å². The number of carbonyl (C=O) groups is 3. The summed E-state index contributed by atoms with van der Waals surface area (Å²) in [6.45, 7) is 7.71. The molecule has 1 aromatic carbocycles. The summed E-state index contributed by atoms with van der Waals surface area (Å²) < 4.78 is 6.54. The van der Waals surface area contributed by atoms with Crippen LogP contribution in [-0.4, -0.2) is 69.0 Å². The van der Waals surface area contributed by atoms with Crippen LogP contribution in [0.2, 0.25) is 0 Å². The predicted octanol–water partition coefficient (Wildman–Crippen LogP) is 3.08. The molecule has 2 bridgehead atoms.